The maximum Gasteiger partial charge on any atom is 0.190 e. The van der Waals surface area contributed by atoms with Crippen LogP contribution in [0.3, 0.4) is 0 Å². The fraction of sp³-hybridized carbons (Fsp3) is 0. The van der Waals surface area contributed by atoms with E-state index < -0.39 is 0 Å². The molecular formula is C34H20FIrN5O-2. The first-order valence-corrected chi connectivity index (χ1v) is 12.9. The maximum atomic E-state index is 13.7. The van der Waals surface area contributed by atoms with Crippen molar-refractivity contribution in [2.24, 2.45) is 0 Å². The zero-order valence-corrected chi connectivity index (χ0v) is 24.3. The summed E-state index contributed by atoms with van der Waals surface area (Å²) in [5.74, 6) is 0.297. The molecule has 4 aromatic carbocycles. The number of furan rings is 1. The Morgan fingerprint density at radius 3 is 2.43 bits per heavy atom. The third kappa shape index (κ3) is 5.09. The summed E-state index contributed by atoms with van der Waals surface area (Å²) in [7, 11) is 0. The van der Waals surface area contributed by atoms with Crippen LogP contribution in [0.25, 0.3) is 61.4 Å². The Morgan fingerprint density at radius 2 is 1.62 bits per heavy atom. The van der Waals surface area contributed by atoms with Gasteiger partial charge >= 0.3 is 0 Å². The van der Waals surface area contributed by atoms with Gasteiger partial charge in [-0.25, -0.2) is 4.39 Å². The number of halogens is 1. The number of fused-ring (bicyclic) bond motifs is 4. The molecule has 0 aliphatic heterocycles. The van der Waals surface area contributed by atoms with Gasteiger partial charge in [-0.2, -0.15) is 5.10 Å². The van der Waals surface area contributed by atoms with Gasteiger partial charge in [0.05, 0.1) is 23.1 Å². The third-order valence-corrected chi connectivity index (χ3v) is 6.63. The van der Waals surface area contributed by atoms with E-state index in [9.17, 15) is 4.39 Å². The first-order chi connectivity index (χ1) is 20.3. The second-order valence-electron chi connectivity index (χ2n) is 9.18. The molecule has 6 nitrogen and oxygen atoms in total. The first kappa shape index (κ1) is 27.1. The molecule has 8 heteroatoms. The van der Waals surface area contributed by atoms with Crippen molar-refractivity contribution in [2.45, 2.75) is 0 Å². The van der Waals surface area contributed by atoms with Crippen LogP contribution in [0.2, 0.25) is 0 Å². The molecule has 0 aliphatic rings. The molecule has 0 fully saturated rings. The molecule has 0 atom stereocenters. The molecule has 0 saturated heterocycles. The Balaban J connectivity index is 0.000000205. The van der Waals surface area contributed by atoms with Gasteiger partial charge in [-0.15, -0.1) is 59.2 Å². The van der Waals surface area contributed by atoms with Crippen molar-refractivity contribution in [2.75, 3.05) is 0 Å². The van der Waals surface area contributed by atoms with E-state index in [4.69, 9.17) is 9.40 Å². The largest absolute Gasteiger partial charge is 0.500 e. The number of pyridine rings is 1. The van der Waals surface area contributed by atoms with E-state index in [0.29, 0.717) is 28.2 Å². The molecule has 0 spiro atoms. The molecular weight excluding hydrogens is 706 g/mol. The van der Waals surface area contributed by atoms with Crippen LogP contribution in [0, 0.1) is 17.9 Å². The second-order valence-corrected chi connectivity index (χ2v) is 9.18. The van der Waals surface area contributed by atoms with Crippen molar-refractivity contribution in [3.8, 4) is 28.3 Å². The Labute approximate surface area is 253 Å². The molecule has 4 aromatic heterocycles. The number of aromatic nitrogens is 5. The summed E-state index contributed by atoms with van der Waals surface area (Å²) in [6.45, 7) is 0. The minimum Gasteiger partial charge on any atom is -0.500 e. The molecule has 42 heavy (non-hydrogen) atoms. The summed E-state index contributed by atoms with van der Waals surface area (Å²) in [4.78, 5) is 8.94. The Bertz CT molecular complexity index is 2080. The SMILES string of the molecule is Fc1ccc2c(c1)oc1c(-c3nc4nnccc4n3-c3ccccc3)[c-]ccc12.[Ir].[c-]1ccccc1-c1ccccn1. The maximum absolute atomic E-state index is 13.7. The van der Waals surface area contributed by atoms with Crippen molar-refractivity contribution in [3.05, 3.63) is 140 Å². The first-order valence-electron chi connectivity index (χ1n) is 12.9. The van der Waals surface area contributed by atoms with Gasteiger partial charge in [0.1, 0.15) is 11.4 Å². The van der Waals surface area contributed by atoms with Gasteiger partial charge in [0.25, 0.3) is 0 Å². The predicted octanol–water partition coefficient (Wildman–Crippen LogP) is 7.87. The molecule has 1 radical (unpaired) electrons. The minimum atomic E-state index is -0.339. The number of hydrogen-bond acceptors (Lipinski definition) is 5. The van der Waals surface area contributed by atoms with Crippen LogP contribution in [0.1, 0.15) is 0 Å². The number of nitrogens with zero attached hydrogens (tertiary/aromatic N) is 5. The minimum absolute atomic E-state index is 0. The topological polar surface area (TPSA) is 69.6 Å². The van der Waals surface area contributed by atoms with Gasteiger partial charge in [-0.3, -0.25) is 4.98 Å². The van der Waals surface area contributed by atoms with E-state index in [1.165, 1.54) is 12.1 Å². The van der Waals surface area contributed by atoms with Crippen LogP contribution in [-0.4, -0.2) is 24.7 Å². The third-order valence-electron chi connectivity index (χ3n) is 6.63. The number of rotatable bonds is 3. The van der Waals surface area contributed by atoms with E-state index >= 15 is 0 Å². The molecule has 0 bridgehead atoms. The molecule has 8 rings (SSSR count). The molecule has 4 heterocycles. The number of benzene rings is 4. The van der Waals surface area contributed by atoms with Gasteiger partial charge in [0, 0.05) is 43.4 Å². The van der Waals surface area contributed by atoms with Crippen LogP contribution in [0.15, 0.2) is 126 Å². The van der Waals surface area contributed by atoms with E-state index in [1.54, 1.807) is 18.5 Å². The molecule has 0 saturated carbocycles. The van der Waals surface area contributed by atoms with Crippen LogP contribution in [-0.2, 0) is 20.1 Å². The summed E-state index contributed by atoms with van der Waals surface area (Å²) in [5, 5.41) is 9.86. The molecule has 8 aromatic rings. The molecule has 0 N–H and O–H groups in total. The average Bonchev–Trinajstić information content (AvgIpc) is 3.61. The summed E-state index contributed by atoms with van der Waals surface area (Å²) in [6, 6.07) is 40.1. The molecule has 0 amide bonds. The number of para-hydroxylation sites is 1. The van der Waals surface area contributed by atoms with Gasteiger partial charge < -0.3 is 14.0 Å². The van der Waals surface area contributed by atoms with Gasteiger partial charge in [-0.05, 0) is 42.1 Å². The predicted molar refractivity (Wildman–Crippen MR) is 157 cm³/mol. The Morgan fingerprint density at radius 1 is 0.762 bits per heavy atom. The summed E-state index contributed by atoms with van der Waals surface area (Å²) in [5.41, 5.74) is 6.08. The van der Waals surface area contributed by atoms with E-state index in [2.05, 4.69) is 27.3 Å². The van der Waals surface area contributed by atoms with Crippen LogP contribution < -0.4 is 0 Å². The van der Waals surface area contributed by atoms with E-state index in [-0.39, 0.29) is 25.9 Å². The average molecular weight is 726 g/mol. The Hall–Kier alpha value is -5.04. The zero-order chi connectivity index (χ0) is 27.6. The van der Waals surface area contributed by atoms with Gasteiger partial charge in [0.2, 0.25) is 0 Å². The van der Waals surface area contributed by atoms with Crippen molar-refractivity contribution >= 4 is 33.1 Å². The quantitative estimate of drug-likeness (QED) is 0.174. The van der Waals surface area contributed by atoms with Crippen LogP contribution in [0.4, 0.5) is 4.39 Å². The second kappa shape index (κ2) is 11.8. The van der Waals surface area contributed by atoms with Crippen molar-refractivity contribution in [1.29, 1.82) is 0 Å². The van der Waals surface area contributed by atoms with Crippen LogP contribution in [0.5, 0.6) is 0 Å². The van der Waals surface area contributed by atoms with Gasteiger partial charge in [-0.1, -0.05) is 41.3 Å². The fourth-order valence-electron chi connectivity index (χ4n) is 4.80. The summed E-state index contributed by atoms with van der Waals surface area (Å²) < 4.78 is 21.8. The standard InChI is InChI=1S/C23H12FN4O.C11H8N.Ir/c24-14-9-10-16-17-7-4-8-18(21(17)29-20(16)13-14)23-26-22-19(11-12-25-27-22)28(23)15-5-2-1-3-6-15;1-2-6-10(7-3-1)11-8-4-5-9-12-11;/h1-7,9-13H;1-6,8-9H;/q2*-1;. The fourth-order valence-corrected chi connectivity index (χ4v) is 4.80. The van der Waals surface area contributed by atoms with Gasteiger partial charge in [0.15, 0.2) is 5.65 Å². The smallest absolute Gasteiger partial charge is 0.190 e. The van der Waals surface area contributed by atoms with E-state index in [0.717, 1.165) is 33.2 Å². The monoisotopic (exact) mass is 726 g/mol. The normalized spacial score (nSPS) is 10.8. The zero-order valence-electron chi connectivity index (χ0n) is 21.9. The van der Waals surface area contributed by atoms with Crippen molar-refractivity contribution in [1.82, 2.24) is 24.7 Å². The molecule has 205 valence electrons. The summed E-state index contributed by atoms with van der Waals surface area (Å²) >= 11 is 0. The van der Waals surface area contributed by atoms with Crippen molar-refractivity contribution < 1.29 is 28.9 Å². The molecule has 0 unspecified atom stereocenters. The van der Waals surface area contributed by atoms with Crippen molar-refractivity contribution in [3.63, 3.8) is 0 Å². The Kier molecular flexibility index (Phi) is 7.64. The summed E-state index contributed by atoms with van der Waals surface area (Å²) in [6.07, 6.45) is 3.43. The van der Waals surface area contributed by atoms with Crippen LogP contribution >= 0.6 is 0 Å². The molecule has 0 aliphatic carbocycles. The number of imidazole rings is 1. The number of hydrogen-bond donors (Lipinski definition) is 0. The van der Waals surface area contributed by atoms with E-state index in [1.807, 2.05) is 95.6 Å².